The highest BCUT2D eigenvalue weighted by atomic mass is 16.1. The molecule has 0 saturated carbocycles. The Morgan fingerprint density at radius 1 is 1.06 bits per heavy atom. The van der Waals surface area contributed by atoms with E-state index in [0.717, 1.165) is 16.8 Å². The highest BCUT2D eigenvalue weighted by molar-refractivity contribution is 6.20. The second kappa shape index (κ2) is 3.87. The van der Waals surface area contributed by atoms with Crippen molar-refractivity contribution in [3.8, 4) is 0 Å². The second-order valence-corrected chi connectivity index (χ2v) is 3.84. The smallest absolute Gasteiger partial charge is 0.211 e. The molecular formula is C14H10N2O. The van der Waals surface area contributed by atoms with Gasteiger partial charge in [0.15, 0.2) is 0 Å². The molecule has 0 spiro atoms. The molecular weight excluding hydrogens is 212 g/mol. The van der Waals surface area contributed by atoms with E-state index in [-0.39, 0.29) is 5.78 Å². The van der Waals surface area contributed by atoms with Gasteiger partial charge >= 0.3 is 0 Å². The van der Waals surface area contributed by atoms with Crippen LogP contribution in [-0.2, 0) is 0 Å². The summed E-state index contributed by atoms with van der Waals surface area (Å²) in [5.74, 6) is 0.0393. The number of para-hydroxylation sites is 1. The first-order valence-corrected chi connectivity index (χ1v) is 5.37. The van der Waals surface area contributed by atoms with Crippen LogP contribution in [0.15, 0.2) is 54.5 Å². The molecule has 1 aliphatic rings. The summed E-state index contributed by atoms with van der Waals surface area (Å²) in [4.78, 5) is 16.0. The van der Waals surface area contributed by atoms with Crippen molar-refractivity contribution in [1.82, 2.24) is 4.98 Å². The zero-order valence-electron chi connectivity index (χ0n) is 9.05. The van der Waals surface area contributed by atoms with Gasteiger partial charge in [-0.15, -0.1) is 0 Å². The summed E-state index contributed by atoms with van der Waals surface area (Å²) in [5.41, 5.74) is 3.17. The molecule has 2 heterocycles. The van der Waals surface area contributed by atoms with Gasteiger partial charge in [0.25, 0.3) is 0 Å². The first-order valence-electron chi connectivity index (χ1n) is 5.37. The van der Waals surface area contributed by atoms with Gasteiger partial charge in [-0.3, -0.25) is 9.78 Å². The quantitative estimate of drug-likeness (QED) is 0.754. The van der Waals surface area contributed by atoms with E-state index in [1.165, 1.54) is 0 Å². The van der Waals surface area contributed by atoms with Crippen molar-refractivity contribution < 1.29 is 4.79 Å². The number of Topliss-reactive ketones (excluding diaryl/α,β-unsaturated/α-hetero) is 1. The normalized spacial score (nSPS) is 15.8. The van der Waals surface area contributed by atoms with Crippen LogP contribution in [0.1, 0.15) is 15.9 Å². The zero-order valence-corrected chi connectivity index (χ0v) is 9.05. The van der Waals surface area contributed by atoms with Gasteiger partial charge in [0.1, 0.15) is 0 Å². The number of hydrogen-bond acceptors (Lipinski definition) is 3. The maximum absolute atomic E-state index is 12.1. The largest absolute Gasteiger partial charge is 0.352 e. The van der Waals surface area contributed by atoms with E-state index in [1.54, 1.807) is 12.4 Å². The first-order chi connectivity index (χ1) is 8.34. The third-order valence-corrected chi connectivity index (χ3v) is 2.70. The summed E-state index contributed by atoms with van der Waals surface area (Å²) in [6.07, 6.45) is 5.25. The number of aromatic nitrogens is 1. The van der Waals surface area contributed by atoms with Gasteiger partial charge in [-0.05, 0) is 35.9 Å². The number of hydrogen-bond donors (Lipinski definition) is 1. The molecule has 0 bridgehead atoms. The van der Waals surface area contributed by atoms with Gasteiger partial charge < -0.3 is 5.32 Å². The van der Waals surface area contributed by atoms with Crippen LogP contribution in [0, 0.1) is 0 Å². The Hall–Kier alpha value is -2.42. The average molecular weight is 222 g/mol. The van der Waals surface area contributed by atoms with Crippen LogP contribution in [0.3, 0.4) is 0 Å². The summed E-state index contributed by atoms with van der Waals surface area (Å²) in [6, 6.07) is 11.2. The Bertz CT molecular complexity index is 603. The summed E-state index contributed by atoms with van der Waals surface area (Å²) in [6.45, 7) is 0. The number of pyridine rings is 1. The molecule has 0 saturated heterocycles. The number of nitrogens with one attached hydrogen (secondary N) is 1. The van der Waals surface area contributed by atoms with Crippen molar-refractivity contribution in [2.24, 2.45) is 0 Å². The van der Waals surface area contributed by atoms with E-state index in [2.05, 4.69) is 10.3 Å². The number of fused-ring (bicyclic) bond motifs is 1. The Morgan fingerprint density at radius 2 is 1.82 bits per heavy atom. The van der Waals surface area contributed by atoms with E-state index in [4.69, 9.17) is 0 Å². The van der Waals surface area contributed by atoms with Crippen molar-refractivity contribution in [1.29, 1.82) is 0 Å². The lowest BCUT2D eigenvalue weighted by Gasteiger charge is -1.98. The van der Waals surface area contributed by atoms with Crippen LogP contribution < -0.4 is 5.32 Å². The third kappa shape index (κ3) is 1.72. The van der Waals surface area contributed by atoms with Crippen LogP contribution in [-0.4, -0.2) is 10.8 Å². The standard InChI is InChI=1S/C14H10N2O/c17-14-11-3-1-2-4-12(11)16-13(14)9-10-5-7-15-8-6-10/h1-9,16H/b13-9+. The number of rotatable bonds is 1. The topological polar surface area (TPSA) is 42.0 Å². The average Bonchev–Trinajstić information content (AvgIpc) is 2.68. The SMILES string of the molecule is O=C1/C(=C\c2ccncc2)Nc2ccccc21. The molecule has 2 aromatic rings. The van der Waals surface area contributed by atoms with Gasteiger partial charge in [-0.2, -0.15) is 0 Å². The molecule has 17 heavy (non-hydrogen) atoms. The Labute approximate surface area is 98.8 Å². The lowest BCUT2D eigenvalue weighted by atomic mass is 10.1. The molecule has 0 radical (unpaired) electrons. The van der Waals surface area contributed by atoms with Gasteiger partial charge in [-0.25, -0.2) is 0 Å². The molecule has 1 N–H and O–H groups in total. The lowest BCUT2D eigenvalue weighted by Crippen LogP contribution is -1.99. The van der Waals surface area contributed by atoms with Crippen LogP contribution >= 0.6 is 0 Å². The number of benzene rings is 1. The molecule has 0 amide bonds. The molecule has 3 heteroatoms. The van der Waals surface area contributed by atoms with Gasteiger partial charge in [0.05, 0.1) is 5.70 Å². The minimum Gasteiger partial charge on any atom is -0.352 e. The number of allylic oxidation sites excluding steroid dienone is 1. The Kier molecular flexibility index (Phi) is 2.22. The number of carbonyl (C=O) groups excluding carboxylic acids is 1. The molecule has 1 aromatic heterocycles. The highest BCUT2D eigenvalue weighted by Crippen LogP contribution is 2.28. The molecule has 3 nitrogen and oxygen atoms in total. The van der Waals surface area contributed by atoms with E-state index in [1.807, 2.05) is 42.5 Å². The molecule has 0 unspecified atom stereocenters. The summed E-state index contributed by atoms with van der Waals surface area (Å²) >= 11 is 0. The second-order valence-electron chi connectivity index (χ2n) is 3.84. The highest BCUT2D eigenvalue weighted by Gasteiger charge is 2.23. The molecule has 0 fully saturated rings. The third-order valence-electron chi connectivity index (χ3n) is 2.70. The van der Waals surface area contributed by atoms with Crippen LogP contribution in [0.2, 0.25) is 0 Å². The number of carbonyl (C=O) groups is 1. The number of ketones is 1. The fraction of sp³-hybridized carbons (Fsp3) is 0. The molecule has 1 aromatic carbocycles. The molecule has 3 rings (SSSR count). The van der Waals surface area contributed by atoms with Gasteiger partial charge in [0.2, 0.25) is 5.78 Å². The van der Waals surface area contributed by atoms with Crippen molar-refractivity contribution >= 4 is 17.5 Å². The zero-order chi connectivity index (χ0) is 11.7. The summed E-state index contributed by atoms with van der Waals surface area (Å²) in [7, 11) is 0. The molecule has 1 aliphatic heterocycles. The maximum Gasteiger partial charge on any atom is 0.211 e. The van der Waals surface area contributed by atoms with Crippen LogP contribution in [0.5, 0.6) is 0 Å². The molecule has 0 aliphatic carbocycles. The summed E-state index contributed by atoms with van der Waals surface area (Å²) < 4.78 is 0. The lowest BCUT2D eigenvalue weighted by molar-refractivity contribution is 0.104. The molecule has 0 atom stereocenters. The van der Waals surface area contributed by atoms with Gasteiger partial charge in [0, 0.05) is 23.6 Å². The van der Waals surface area contributed by atoms with Crippen molar-refractivity contribution in [3.05, 3.63) is 65.6 Å². The Morgan fingerprint density at radius 3 is 2.59 bits per heavy atom. The molecule has 82 valence electrons. The number of nitrogens with zero attached hydrogens (tertiary/aromatic N) is 1. The maximum atomic E-state index is 12.1. The Balaban J connectivity index is 2.00. The monoisotopic (exact) mass is 222 g/mol. The summed E-state index contributed by atoms with van der Waals surface area (Å²) in [5, 5.41) is 3.12. The fourth-order valence-corrected chi connectivity index (χ4v) is 1.87. The predicted molar refractivity (Wildman–Crippen MR) is 66.6 cm³/mol. The number of anilines is 1. The van der Waals surface area contributed by atoms with Crippen LogP contribution in [0.4, 0.5) is 5.69 Å². The first kappa shape index (κ1) is 9.78. The fourth-order valence-electron chi connectivity index (χ4n) is 1.87. The van der Waals surface area contributed by atoms with E-state index < -0.39 is 0 Å². The predicted octanol–water partition coefficient (Wildman–Crippen LogP) is 2.73. The van der Waals surface area contributed by atoms with E-state index >= 15 is 0 Å². The van der Waals surface area contributed by atoms with Crippen molar-refractivity contribution in [2.45, 2.75) is 0 Å². The van der Waals surface area contributed by atoms with Gasteiger partial charge in [-0.1, -0.05) is 12.1 Å². The van der Waals surface area contributed by atoms with Crippen molar-refractivity contribution in [2.75, 3.05) is 5.32 Å². The van der Waals surface area contributed by atoms with E-state index in [0.29, 0.717) is 5.70 Å². The minimum absolute atomic E-state index is 0.0393. The van der Waals surface area contributed by atoms with Crippen LogP contribution in [0.25, 0.3) is 6.08 Å². The van der Waals surface area contributed by atoms with Crippen molar-refractivity contribution in [3.63, 3.8) is 0 Å². The van der Waals surface area contributed by atoms with E-state index in [9.17, 15) is 4.79 Å². The minimum atomic E-state index is 0.0393.